The van der Waals surface area contributed by atoms with Crippen LogP contribution in [0.2, 0.25) is 0 Å². The lowest BCUT2D eigenvalue weighted by Gasteiger charge is -2.20. The van der Waals surface area contributed by atoms with Gasteiger partial charge in [0.05, 0.1) is 28.6 Å². The fraction of sp³-hybridized carbons (Fsp3) is 0.0690. The van der Waals surface area contributed by atoms with Gasteiger partial charge in [-0.3, -0.25) is 24.3 Å². The van der Waals surface area contributed by atoms with E-state index in [9.17, 15) is 19.7 Å². The molecule has 5 rings (SSSR count). The summed E-state index contributed by atoms with van der Waals surface area (Å²) < 4.78 is 6.65. The van der Waals surface area contributed by atoms with Crippen LogP contribution in [-0.2, 0) is 4.79 Å². The topological polar surface area (TPSA) is 116 Å². The van der Waals surface area contributed by atoms with Crippen LogP contribution in [0.3, 0.4) is 0 Å². The maximum atomic E-state index is 13.7. The van der Waals surface area contributed by atoms with Crippen LogP contribution in [0.25, 0.3) is 16.6 Å². The number of ether oxygens (including phenoxy) is 1. The summed E-state index contributed by atoms with van der Waals surface area (Å²) >= 11 is 1.11. The molecule has 9 nitrogen and oxygen atoms in total. The number of para-hydroxylation sites is 1. The van der Waals surface area contributed by atoms with E-state index >= 15 is 0 Å². The van der Waals surface area contributed by atoms with E-state index in [2.05, 4.69) is 5.32 Å². The summed E-state index contributed by atoms with van der Waals surface area (Å²) in [6, 6.07) is 28.8. The second-order valence-electron chi connectivity index (χ2n) is 8.46. The van der Waals surface area contributed by atoms with Crippen LogP contribution in [0.15, 0.2) is 113 Å². The third kappa shape index (κ3) is 5.51. The Morgan fingerprint density at radius 3 is 2.41 bits per heavy atom. The van der Waals surface area contributed by atoms with E-state index in [0.717, 1.165) is 11.8 Å². The number of methoxy groups -OCH3 is 1. The van der Waals surface area contributed by atoms with Crippen LogP contribution in [0.5, 0.6) is 5.75 Å². The zero-order chi connectivity index (χ0) is 27.4. The van der Waals surface area contributed by atoms with E-state index in [1.54, 1.807) is 55.6 Å². The van der Waals surface area contributed by atoms with E-state index in [-0.39, 0.29) is 22.3 Å². The highest BCUT2D eigenvalue weighted by Crippen LogP contribution is 2.36. The lowest BCUT2D eigenvalue weighted by atomic mass is 10.1. The molecule has 0 bridgehead atoms. The van der Waals surface area contributed by atoms with Crippen LogP contribution in [0.4, 0.5) is 11.4 Å². The monoisotopic (exact) mass is 538 g/mol. The molecule has 0 fully saturated rings. The minimum absolute atomic E-state index is 0.102. The first-order chi connectivity index (χ1) is 18.9. The second kappa shape index (κ2) is 11.2. The molecule has 194 valence electrons. The van der Waals surface area contributed by atoms with Crippen molar-refractivity contribution in [2.24, 2.45) is 0 Å². The Kier molecular flexibility index (Phi) is 7.37. The van der Waals surface area contributed by atoms with Crippen LogP contribution in [-0.4, -0.2) is 27.5 Å². The Balaban J connectivity index is 1.62. The van der Waals surface area contributed by atoms with E-state index in [4.69, 9.17) is 9.72 Å². The number of anilines is 1. The van der Waals surface area contributed by atoms with Gasteiger partial charge in [0.2, 0.25) is 5.91 Å². The summed E-state index contributed by atoms with van der Waals surface area (Å²) in [5, 5.41) is 14.0. The Labute approximate surface area is 227 Å². The van der Waals surface area contributed by atoms with Crippen molar-refractivity contribution in [3.63, 3.8) is 0 Å². The number of nitro groups is 1. The number of hydrogen-bond donors (Lipinski definition) is 1. The van der Waals surface area contributed by atoms with Gasteiger partial charge in [0.15, 0.2) is 5.16 Å². The lowest BCUT2D eigenvalue weighted by molar-refractivity contribution is -0.384. The Hall–Kier alpha value is -4.96. The van der Waals surface area contributed by atoms with Gasteiger partial charge in [0.25, 0.3) is 11.2 Å². The normalized spacial score (nSPS) is 11.6. The first-order valence-electron chi connectivity index (χ1n) is 11.9. The molecule has 1 atom stereocenters. The van der Waals surface area contributed by atoms with Crippen molar-refractivity contribution < 1.29 is 14.5 Å². The van der Waals surface area contributed by atoms with Gasteiger partial charge in [0, 0.05) is 23.9 Å². The molecule has 0 spiro atoms. The minimum Gasteiger partial charge on any atom is -0.497 e. The van der Waals surface area contributed by atoms with Gasteiger partial charge < -0.3 is 10.1 Å². The summed E-state index contributed by atoms with van der Waals surface area (Å²) in [7, 11) is 1.55. The standard InChI is InChI=1S/C29H22N4O5S/c1-38-23-11-7-10-20(18-23)30-27(34)26(19-8-3-2-4-9-19)39-29-31-25-13-6-5-12-24(25)28(35)32(29)21-14-16-22(17-15-21)33(36)37/h2-18,26H,1H3,(H,30,34)/t26-/m0/s1. The molecule has 0 saturated heterocycles. The zero-order valence-corrected chi connectivity index (χ0v) is 21.5. The average molecular weight is 539 g/mol. The second-order valence-corrected chi connectivity index (χ2v) is 9.53. The molecule has 39 heavy (non-hydrogen) atoms. The number of carbonyl (C=O) groups is 1. The number of benzene rings is 4. The van der Waals surface area contributed by atoms with Crippen molar-refractivity contribution in [3.8, 4) is 11.4 Å². The smallest absolute Gasteiger partial charge is 0.269 e. The van der Waals surface area contributed by atoms with Crippen LogP contribution < -0.4 is 15.6 Å². The molecule has 1 aromatic heterocycles. The molecule has 1 heterocycles. The van der Waals surface area contributed by atoms with Crippen molar-refractivity contribution in [3.05, 3.63) is 129 Å². The summed E-state index contributed by atoms with van der Waals surface area (Å²) in [4.78, 5) is 42.8. The number of rotatable bonds is 8. The summed E-state index contributed by atoms with van der Waals surface area (Å²) in [6.07, 6.45) is 0. The molecule has 5 aromatic rings. The predicted molar refractivity (Wildman–Crippen MR) is 151 cm³/mol. The molecule has 1 N–H and O–H groups in total. The number of carbonyl (C=O) groups excluding carboxylic acids is 1. The molecule has 4 aromatic carbocycles. The maximum absolute atomic E-state index is 13.7. The lowest BCUT2D eigenvalue weighted by Crippen LogP contribution is -2.24. The molecular formula is C29H22N4O5S. The van der Waals surface area contributed by atoms with Crippen molar-refractivity contribution in [1.29, 1.82) is 0 Å². The first kappa shape index (κ1) is 25.7. The zero-order valence-electron chi connectivity index (χ0n) is 20.7. The number of nitrogens with one attached hydrogen (secondary N) is 1. The molecule has 1 amide bonds. The molecule has 0 aliphatic heterocycles. The number of amides is 1. The molecular weight excluding hydrogens is 516 g/mol. The molecule has 0 radical (unpaired) electrons. The van der Waals surface area contributed by atoms with Gasteiger partial charge in [0.1, 0.15) is 11.0 Å². The van der Waals surface area contributed by atoms with E-state index < -0.39 is 10.2 Å². The summed E-state index contributed by atoms with van der Waals surface area (Å²) in [5.41, 5.74) is 1.68. The molecule has 0 aliphatic rings. The van der Waals surface area contributed by atoms with Crippen LogP contribution >= 0.6 is 11.8 Å². The number of hydrogen-bond acceptors (Lipinski definition) is 7. The Bertz CT molecular complexity index is 1720. The summed E-state index contributed by atoms with van der Waals surface area (Å²) in [6.45, 7) is 0. The predicted octanol–water partition coefficient (Wildman–Crippen LogP) is 5.77. The van der Waals surface area contributed by atoms with Crippen molar-refractivity contribution >= 4 is 39.9 Å². The number of nitro benzene ring substituents is 1. The van der Waals surface area contributed by atoms with Gasteiger partial charge in [-0.2, -0.15) is 0 Å². The third-order valence-corrected chi connectivity index (χ3v) is 7.17. The van der Waals surface area contributed by atoms with Gasteiger partial charge in [-0.15, -0.1) is 0 Å². The van der Waals surface area contributed by atoms with Crippen molar-refractivity contribution in [2.75, 3.05) is 12.4 Å². The van der Waals surface area contributed by atoms with Crippen LogP contribution in [0, 0.1) is 10.1 Å². The highest BCUT2D eigenvalue weighted by Gasteiger charge is 2.26. The quantitative estimate of drug-likeness (QED) is 0.115. The maximum Gasteiger partial charge on any atom is 0.269 e. The van der Waals surface area contributed by atoms with Crippen molar-refractivity contribution in [1.82, 2.24) is 9.55 Å². The highest BCUT2D eigenvalue weighted by molar-refractivity contribution is 8.00. The molecule has 0 unspecified atom stereocenters. The fourth-order valence-electron chi connectivity index (χ4n) is 4.06. The largest absolute Gasteiger partial charge is 0.497 e. The number of fused-ring (bicyclic) bond motifs is 1. The number of aromatic nitrogens is 2. The third-order valence-electron chi connectivity index (χ3n) is 5.96. The molecule has 0 aliphatic carbocycles. The van der Waals surface area contributed by atoms with Gasteiger partial charge >= 0.3 is 0 Å². The van der Waals surface area contributed by atoms with Crippen molar-refractivity contribution in [2.45, 2.75) is 10.4 Å². The van der Waals surface area contributed by atoms with Gasteiger partial charge in [-0.05, 0) is 42.0 Å². The number of thioether (sulfide) groups is 1. The van der Waals surface area contributed by atoms with Crippen LogP contribution in [0.1, 0.15) is 10.8 Å². The Morgan fingerprint density at radius 2 is 1.69 bits per heavy atom. The molecule has 10 heteroatoms. The average Bonchev–Trinajstić information content (AvgIpc) is 2.96. The van der Waals surface area contributed by atoms with E-state index in [1.165, 1.54) is 28.8 Å². The fourth-order valence-corrected chi connectivity index (χ4v) is 5.17. The number of non-ortho nitro benzene ring substituents is 1. The summed E-state index contributed by atoms with van der Waals surface area (Å²) in [5.74, 6) is 0.275. The first-order valence-corrected chi connectivity index (χ1v) is 12.8. The SMILES string of the molecule is COc1cccc(NC(=O)[C@@H](Sc2nc3ccccc3c(=O)n2-c2ccc([N+](=O)[O-])cc2)c2ccccc2)c1. The Morgan fingerprint density at radius 1 is 0.974 bits per heavy atom. The van der Waals surface area contributed by atoms with Gasteiger partial charge in [-0.1, -0.05) is 60.3 Å². The highest BCUT2D eigenvalue weighted by atomic mass is 32.2. The minimum atomic E-state index is -0.783. The molecule has 0 saturated carbocycles. The van der Waals surface area contributed by atoms with Gasteiger partial charge in [-0.25, -0.2) is 4.98 Å². The van der Waals surface area contributed by atoms with E-state index in [0.29, 0.717) is 33.6 Å². The number of nitrogens with zero attached hydrogens (tertiary/aromatic N) is 3. The van der Waals surface area contributed by atoms with E-state index in [1.807, 2.05) is 30.3 Å².